The van der Waals surface area contributed by atoms with E-state index < -0.39 is 29.8 Å². The van der Waals surface area contributed by atoms with Crippen molar-refractivity contribution in [1.82, 2.24) is 5.32 Å². The molecule has 94 valence electrons. The van der Waals surface area contributed by atoms with Crippen LogP contribution < -0.4 is 5.32 Å². The molecule has 0 aliphatic rings. The summed E-state index contributed by atoms with van der Waals surface area (Å²) in [4.78, 5) is 22.2. The highest BCUT2D eigenvalue weighted by atomic mass is 16.6. The van der Waals surface area contributed by atoms with Gasteiger partial charge in [-0.3, -0.25) is 0 Å². The second kappa shape index (κ2) is 5.69. The molecule has 0 aromatic heterocycles. The standard InChI is InChI=1S/C10H19NO5/c1-6(15-5)7(11-9(13)14)8(12)16-10(2,3)4/h6-7,11H,1-5H3,(H,13,14)/t6-,7+/m1/s1. The maximum absolute atomic E-state index is 11.7. The second-order valence-electron chi connectivity index (χ2n) is 4.40. The van der Waals surface area contributed by atoms with E-state index in [-0.39, 0.29) is 0 Å². The average Bonchev–Trinajstić information content (AvgIpc) is 2.09. The molecule has 0 bridgehead atoms. The van der Waals surface area contributed by atoms with E-state index >= 15 is 0 Å². The highest BCUT2D eigenvalue weighted by Crippen LogP contribution is 2.10. The highest BCUT2D eigenvalue weighted by Gasteiger charge is 2.31. The molecule has 0 fully saturated rings. The van der Waals surface area contributed by atoms with Gasteiger partial charge in [-0.2, -0.15) is 0 Å². The topological polar surface area (TPSA) is 84.9 Å². The zero-order valence-electron chi connectivity index (χ0n) is 10.2. The number of amides is 1. The van der Waals surface area contributed by atoms with Gasteiger partial charge >= 0.3 is 12.1 Å². The lowest BCUT2D eigenvalue weighted by Gasteiger charge is -2.26. The maximum atomic E-state index is 11.7. The highest BCUT2D eigenvalue weighted by molar-refractivity contribution is 5.81. The summed E-state index contributed by atoms with van der Waals surface area (Å²) in [5.74, 6) is -0.649. The minimum Gasteiger partial charge on any atom is -0.465 e. The Kier molecular flexibility index (Phi) is 5.23. The summed E-state index contributed by atoms with van der Waals surface area (Å²) in [6.45, 7) is 6.71. The van der Waals surface area contributed by atoms with Gasteiger partial charge in [0.15, 0.2) is 6.04 Å². The van der Waals surface area contributed by atoms with Gasteiger partial charge in [0, 0.05) is 7.11 Å². The second-order valence-corrected chi connectivity index (χ2v) is 4.40. The Balaban J connectivity index is 4.63. The number of carbonyl (C=O) groups is 2. The minimum absolute atomic E-state index is 0.592. The molecule has 0 heterocycles. The zero-order valence-corrected chi connectivity index (χ0v) is 10.2. The smallest absolute Gasteiger partial charge is 0.405 e. The van der Waals surface area contributed by atoms with Crippen molar-refractivity contribution < 1.29 is 24.2 Å². The molecule has 0 spiro atoms. The van der Waals surface area contributed by atoms with Crippen molar-refractivity contribution in [3.63, 3.8) is 0 Å². The molecule has 0 aromatic carbocycles. The number of ether oxygens (including phenoxy) is 2. The van der Waals surface area contributed by atoms with E-state index in [4.69, 9.17) is 14.6 Å². The van der Waals surface area contributed by atoms with E-state index in [1.807, 2.05) is 0 Å². The molecule has 16 heavy (non-hydrogen) atoms. The number of rotatable bonds is 4. The molecule has 2 N–H and O–H groups in total. The number of hydrogen-bond acceptors (Lipinski definition) is 4. The zero-order chi connectivity index (χ0) is 12.9. The maximum Gasteiger partial charge on any atom is 0.405 e. The molecular formula is C10H19NO5. The lowest BCUT2D eigenvalue weighted by atomic mass is 10.1. The Hall–Kier alpha value is -1.30. The molecule has 2 atom stereocenters. The van der Waals surface area contributed by atoms with Gasteiger partial charge in [0.05, 0.1) is 6.10 Å². The van der Waals surface area contributed by atoms with E-state index in [9.17, 15) is 9.59 Å². The van der Waals surface area contributed by atoms with Crippen LogP contribution in [0.3, 0.4) is 0 Å². The largest absolute Gasteiger partial charge is 0.465 e. The summed E-state index contributed by atoms with van der Waals surface area (Å²) in [6, 6.07) is -1.03. The molecule has 0 saturated carbocycles. The average molecular weight is 233 g/mol. The Morgan fingerprint density at radius 3 is 2.12 bits per heavy atom. The summed E-state index contributed by atoms with van der Waals surface area (Å²) in [5.41, 5.74) is -0.664. The Bertz CT molecular complexity index is 258. The fraction of sp³-hybridized carbons (Fsp3) is 0.800. The quantitative estimate of drug-likeness (QED) is 0.707. The number of esters is 1. The van der Waals surface area contributed by atoms with Gasteiger partial charge in [0.2, 0.25) is 0 Å². The fourth-order valence-electron chi connectivity index (χ4n) is 1.00. The lowest BCUT2D eigenvalue weighted by molar-refractivity contribution is -0.160. The van der Waals surface area contributed by atoms with Crippen molar-refractivity contribution in [2.75, 3.05) is 7.11 Å². The first kappa shape index (κ1) is 14.7. The normalized spacial score (nSPS) is 15.1. The first-order valence-electron chi connectivity index (χ1n) is 4.92. The number of carbonyl (C=O) groups excluding carboxylic acids is 1. The first-order valence-corrected chi connectivity index (χ1v) is 4.92. The summed E-state index contributed by atoms with van der Waals surface area (Å²) in [6.07, 6.45) is -1.88. The molecule has 0 aromatic rings. The molecule has 0 aliphatic heterocycles. The summed E-state index contributed by atoms with van der Waals surface area (Å²) in [5, 5.41) is 10.7. The number of methoxy groups -OCH3 is 1. The third-order valence-electron chi connectivity index (χ3n) is 1.78. The lowest BCUT2D eigenvalue weighted by Crippen LogP contribution is -2.50. The minimum atomic E-state index is -1.29. The summed E-state index contributed by atoms with van der Waals surface area (Å²) >= 11 is 0. The van der Waals surface area contributed by atoms with Crippen LogP contribution in [0, 0.1) is 0 Å². The SMILES string of the molecule is CO[C@H](C)[C@H](NC(=O)O)C(=O)OC(C)(C)C. The van der Waals surface area contributed by atoms with Crippen LogP contribution >= 0.6 is 0 Å². The van der Waals surface area contributed by atoms with Gasteiger partial charge in [0.25, 0.3) is 0 Å². The molecule has 0 rings (SSSR count). The van der Waals surface area contributed by atoms with E-state index in [2.05, 4.69) is 5.32 Å². The number of hydrogen-bond donors (Lipinski definition) is 2. The third-order valence-corrected chi connectivity index (χ3v) is 1.78. The molecule has 6 heteroatoms. The van der Waals surface area contributed by atoms with Crippen LogP contribution in [0.5, 0.6) is 0 Å². The Morgan fingerprint density at radius 1 is 1.31 bits per heavy atom. The van der Waals surface area contributed by atoms with Crippen LogP contribution in [0.4, 0.5) is 4.79 Å². The van der Waals surface area contributed by atoms with E-state index in [0.29, 0.717) is 0 Å². The molecular weight excluding hydrogens is 214 g/mol. The van der Waals surface area contributed by atoms with Crippen LogP contribution in [0.1, 0.15) is 27.7 Å². The van der Waals surface area contributed by atoms with Crippen molar-refractivity contribution in [3.05, 3.63) is 0 Å². The van der Waals surface area contributed by atoms with Crippen molar-refractivity contribution in [3.8, 4) is 0 Å². The predicted molar refractivity (Wildman–Crippen MR) is 57.3 cm³/mol. The number of nitrogens with one attached hydrogen (secondary N) is 1. The fourth-order valence-corrected chi connectivity index (χ4v) is 1.00. The monoisotopic (exact) mass is 233 g/mol. The molecule has 1 amide bonds. The van der Waals surface area contributed by atoms with Crippen molar-refractivity contribution >= 4 is 12.1 Å². The van der Waals surface area contributed by atoms with E-state index in [1.54, 1.807) is 27.7 Å². The van der Waals surface area contributed by atoms with Gasteiger partial charge < -0.3 is 19.9 Å². The van der Waals surface area contributed by atoms with Gasteiger partial charge in [-0.1, -0.05) is 0 Å². The van der Waals surface area contributed by atoms with E-state index in [1.165, 1.54) is 7.11 Å². The van der Waals surface area contributed by atoms with Crippen molar-refractivity contribution in [2.45, 2.75) is 45.4 Å². The van der Waals surface area contributed by atoms with Crippen molar-refractivity contribution in [1.29, 1.82) is 0 Å². The molecule has 0 unspecified atom stereocenters. The third kappa shape index (κ3) is 5.55. The predicted octanol–water partition coefficient (Wildman–Crippen LogP) is 0.999. The van der Waals surface area contributed by atoms with Gasteiger partial charge in [0.1, 0.15) is 5.60 Å². The number of carboxylic acid groups (broad SMARTS) is 1. The molecule has 0 radical (unpaired) electrons. The van der Waals surface area contributed by atoms with E-state index in [0.717, 1.165) is 0 Å². The van der Waals surface area contributed by atoms with Crippen LogP contribution in [-0.2, 0) is 14.3 Å². The first-order chi connectivity index (χ1) is 7.17. The Labute approximate surface area is 94.9 Å². The summed E-state index contributed by atoms with van der Waals surface area (Å²) in [7, 11) is 1.39. The molecule has 0 aliphatic carbocycles. The molecule has 0 saturated heterocycles. The van der Waals surface area contributed by atoms with Crippen LogP contribution in [0.25, 0.3) is 0 Å². The van der Waals surface area contributed by atoms with Gasteiger partial charge in [-0.15, -0.1) is 0 Å². The van der Waals surface area contributed by atoms with Gasteiger partial charge in [-0.25, -0.2) is 9.59 Å². The summed E-state index contributed by atoms with van der Waals surface area (Å²) < 4.78 is 10.0. The van der Waals surface area contributed by atoms with Crippen LogP contribution in [-0.4, -0.2) is 42.0 Å². The Morgan fingerprint density at radius 2 is 1.81 bits per heavy atom. The molecule has 6 nitrogen and oxygen atoms in total. The van der Waals surface area contributed by atoms with Crippen molar-refractivity contribution in [2.24, 2.45) is 0 Å². The van der Waals surface area contributed by atoms with Crippen LogP contribution in [0.15, 0.2) is 0 Å². The van der Waals surface area contributed by atoms with Crippen LogP contribution in [0.2, 0.25) is 0 Å². The van der Waals surface area contributed by atoms with Gasteiger partial charge in [-0.05, 0) is 27.7 Å².